The third-order valence-electron chi connectivity index (χ3n) is 3.66. The molecule has 2 heterocycles. The highest BCUT2D eigenvalue weighted by Crippen LogP contribution is 2.23. The Morgan fingerprint density at radius 2 is 2.26 bits per heavy atom. The SMILES string of the molecule is Cc1cccc(NCCN2CCc3sccc3C2)c1. The van der Waals surface area contributed by atoms with E-state index in [1.807, 2.05) is 11.3 Å². The zero-order valence-corrected chi connectivity index (χ0v) is 12.2. The van der Waals surface area contributed by atoms with E-state index >= 15 is 0 Å². The second kappa shape index (κ2) is 5.76. The van der Waals surface area contributed by atoms with Crippen molar-refractivity contribution < 1.29 is 0 Å². The molecule has 0 saturated heterocycles. The summed E-state index contributed by atoms with van der Waals surface area (Å²) in [6, 6.07) is 10.9. The van der Waals surface area contributed by atoms with E-state index in [-0.39, 0.29) is 0 Å². The Labute approximate surface area is 119 Å². The van der Waals surface area contributed by atoms with E-state index in [1.54, 1.807) is 4.88 Å². The van der Waals surface area contributed by atoms with Gasteiger partial charge in [-0.15, -0.1) is 11.3 Å². The molecule has 2 nitrogen and oxygen atoms in total. The fraction of sp³-hybridized carbons (Fsp3) is 0.375. The molecule has 1 aromatic heterocycles. The number of nitrogens with one attached hydrogen (secondary N) is 1. The molecule has 0 radical (unpaired) electrons. The maximum Gasteiger partial charge on any atom is 0.0343 e. The third-order valence-corrected chi connectivity index (χ3v) is 4.68. The average molecular weight is 272 g/mol. The predicted octanol–water partition coefficient (Wildman–Crippen LogP) is 3.53. The lowest BCUT2D eigenvalue weighted by molar-refractivity contribution is 0.266. The first-order valence-electron chi connectivity index (χ1n) is 6.89. The van der Waals surface area contributed by atoms with Gasteiger partial charge in [0.05, 0.1) is 0 Å². The van der Waals surface area contributed by atoms with E-state index in [0.717, 1.165) is 19.6 Å². The van der Waals surface area contributed by atoms with E-state index in [9.17, 15) is 0 Å². The molecule has 1 aliphatic rings. The minimum atomic E-state index is 1.02. The van der Waals surface area contributed by atoms with Crippen LogP contribution >= 0.6 is 11.3 Å². The van der Waals surface area contributed by atoms with Crippen molar-refractivity contribution in [3.63, 3.8) is 0 Å². The van der Waals surface area contributed by atoms with Crippen molar-refractivity contribution in [2.45, 2.75) is 19.9 Å². The molecule has 2 aromatic rings. The molecular weight excluding hydrogens is 252 g/mol. The van der Waals surface area contributed by atoms with Gasteiger partial charge in [0.1, 0.15) is 0 Å². The molecule has 19 heavy (non-hydrogen) atoms. The van der Waals surface area contributed by atoms with E-state index in [2.05, 4.69) is 52.9 Å². The Bertz CT molecular complexity index is 547. The number of hydrogen-bond acceptors (Lipinski definition) is 3. The monoisotopic (exact) mass is 272 g/mol. The van der Waals surface area contributed by atoms with Crippen LogP contribution in [0, 0.1) is 6.92 Å². The third kappa shape index (κ3) is 3.17. The highest BCUT2D eigenvalue weighted by atomic mass is 32.1. The summed E-state index contributed by atoms with van der Waals surface area (Å²) in [5, 5.41) is 5.73. The number of nitrogens with zero attached hydrogens (tertiary/aromatic N) is 1. The van der Waals surface area contributed by atoms with Crippen LogP contribution < -0.4 is 5.32 Å². The summed E-state index contributed by atoms with van der Waals surface area (Å²) >= 11 is 1.91. The maximum atomic E-state index is 3.51. The highest BCUT2D eigenvalue weighted by Gasteiger charge is 2.16. The van der Waals surface area contributed by atoms with Gasteiger partial charge in [0.25, 0.3) is 0 Å². The van der Waals surface area contributed by atoms with Crippen molar-refractivity contribution in [3.8, 4) is 0 Å². The summed E-state index contributed by atoms with van der Waals surface area (Å²) in [4.78, 5) is 4.13. The number of hydrogen-bond donors (Lipinski definition) is 1. The Balaban J connectivity index is 1.49. The number of benzene rings is 1. The first-order chi connectivity index (χ1) is 9.31. The molecule has 0 amide bonds. The molecule has 0 unspecified atom stereocenters. The van der Waals surface area contributed by atoms with Gasteiger partial charge in [-0.05, 0) is 48.1 Å². The van der Waals surface area contributed by atoms with Gasteiger partial charge >= 0.3 is 0 Å². The van der Waals surface area contributed by atoms with Crippen LogP contribution in [0.5, 0.6) is 0 Å². The summed E-state index contributed by atoms with van der Waals surface area (Å²) < 4.78 is 0. The quantitative estimate of drug-likeness (QED) is 0.916. The lowest BCUT2D eigenvalue weighted by Crippen LogP contribution is -2.33. The Morgan fingerprint density at radius 3 is 3.16 bits per heavy atom. The predicted molar refractivity (Wildman–Crippen MR) is 83.0 cm³/mol. The standard InChI is InChI=1S/C16H20N2S/c1-13-3-2-4-15(11-13)17-7-9-18-8-5-16-14(12-18)6-10-19-16/h2-4,6,10-11,17H,5,7-9,12H2,1H3. The van der Waals surface area contributed by atoms with Crippen molar-refractivity contribution in [2.24, 2.45) is 0 Å². The number of aryl methyl sites for hydroxylation is 1. The molecular formula is C16H20N2S. The van der Waals surface area contributed by atoms with E-state index in [1.165, 1.54) is 29.8 Å². The van der Waals surface area contributed by atoms with Crippen LogP contribution in [0.3, 0.4) is 0 Å². The molecule has 0 atom stereocenters. The minimum Gasteiger partial charge on any atom is -0.384 e. The second-order valence-corrected chi connectivity index (χ2v) is 6.19. The summed E-state index contributed by atoms with van der Waals surface area (Å²) in [7, 11) is 0. The molecule has 1 N–H and O–H groups in total. The van der Waals surface area contributed by atoms with Gasteiger partial charge < -0.3 is 5.32 Å². The van der Waals surface area contributed by atoms with Gasteiger partial charge in [-0.3, -0.25) is 4.90 Å². The number of thiophene rings is 1. The van der Waals surface area contributed by atoms with Gasteiger partial charge in [0.15, 0.2) is 0 Å². The molecule has 0 spiro atoms. The van der Waals surface area contributed by atoms with Gasteiger partial charge in [-0.2, -0.15) is 0 Å². The largest absolute Gasteiger partial charge is 0.384 e. The van der Waals surface area contributed by atoms with Crippen LogP contribution in [-0.2, 0) is 13.0 Å². The molecule has 3 rings (SSSR count). The molecule has 0 aliphatic carbocycles. The summed E-state index contributed by atoms with van der Waals surface area (Å²) in [6.07, 6.45) is 1.22. The van der Waals surface area contributed by atoms with Crippen LogP contribution in [-0.4, -0.2) is 24.5 Å². The summed E-state index contributed by atoms with van der Waals surface area (Å²) in [6.45, 7) is 6.58. The van der Waals surface area contributed by atoms with Crippen molar-refractivity contribution in [1.29, 1.82) is 0 Å². The molecule has 1 aliphatic heterocycles. The molecule has 0 bridgehead atoms. The lowest BCUT2D eigenvalue weighted by atomic mass is 10.1. The first-order valence-corrected chi connectivity index (χ1v) is 7.77. The maximum absolute atomic E-state index is 3.51. The van der Waals surface area contributed by atoms with Crippen molar-refractivity contribution >= 4 is 17.0 Å². The van der Waals surface area contributed by atoms with Crippen molar-refractivity contribution in [2.75, 3.05) is 25.0 Å². The van der Waals surface area contributed by atoms with Crippen molar-refractivity contribution in [3.05, 3.63) is 51.7 Å². The Hall–Kier alpha value is -1.32. The van der Waals surface area contributed by atoms with Crippen LogP contribution in [0.2, 0.25) is 0 Å². The fourth-order valence-corrected chi connectivity index (χ4v) is 3.50. The van der Waals surface area contributed by atoms with Gasteiger partial charge in [-0.1, -0.05) is 12.1 Å². The summed E-state index contributed by atoms with van der Waals surface area (Å²) in [5.74, 6) is 0. The molecule has 100 valence electrons. The Kier molecular flexibility index (Phi) is 3.85. The van der Waals surface area contributed by atoms with Gasteiger partial charge in [0.2, 0.25) is 0 Å². The molecule has 0 saturated carbocycles. The normalized spacial score (nSPS) is 15.2. The van der Waals surface area contributed by atoms with Crippen LogP contribution in [0.4, 0.5) is 5.69 Å². The van der Waals surface area contributed by atoms with Crippen LogP contribution in [0.25, 0.3) is 0 Å². The number of fused-ring (bicyclic) bond motifs is 1. The van der Waals surface area contributed by atoms with E-state index in [4.69, 9.17) is 0 Å². The Morgan fingerprint density at radius 1 is 1.32 bits per heavy atom. The lowest BCUT2D eigenvalue weighted by Gasteiger charge is -2.26. The second-order valence-electron chi connectivity index (χ2n) is 5.19. The van der Waals surface area contributed by atoms with E-state index < -0.39 is 0 Å². The zero-order valence-electron chi connectivity index (χ0n) is 11.4. The zero-order chi connectivity index (χ0) is 13.1. The first kappa shape index (κ1) is 12.7. The molecule has 1 aromatic carbocycles. The van der Waals surface area contributed by atoms with Crippen LogP contribution in [0.1, 0.15) is 16.0 Å². The highest BCUT2D eigenvalue weighted by molar-refractivity contribution is 7.10. The van der Waals surface area contributed by atoms with Crippen molar-refractivity contribution in [1.82, 2.24) is 4.90 Å². The number of rotatable bonds is 4. The van der Waals surface area contributed by atoms with Gasteiger partial charge in [0, 0.05) is 36.7 Å². The number of anilines is 1. The van der Waals surface area contributed by atoms with Gasteiger partial charge in [-0.25, -0.2) is 0 Å². The smallest absolute Gasteiger partial charge is 0.0343 e. The molecule has 0 fully saturated rings. The van der Waals surface area contributed by atoms with E-state index in [0.29, 0.717) is 0 Å². The average Bonchev–Trinajstić information content (AvgIpc) is 2.86. The topological polar surface area (TPSA) is 15.3 Å². The summed E-state index contributed by atoms with van der Waals surface area (Å²) in [5.41, 5.74) is 4.07. The fourth-order valence-electron chi connectivity index (χ4n) is 2.61. The van der Waals surface area contributed by atoms with Crippen LogP contribution in [0.15, 0.2) is 35.7 Å². The minimum absolute atomic E-state index is 1.02. The molecule has 3 heteroatoms.